The fourth-order valence-electron chi connectivity index (χ4n) is 2.95. The second-order valence-electron chi connectivity index (χ2n) is 5.43. The lowest BCUT2D eigenvalue weighted by molar-refractivity contribution is 0.111. The van der Waals surface area contributed by atoms with Crippen molar-refractivity contribution in [1.29, 1.82) is 0 Å². The maximum absolute atomic E-state index is 6.04. The minimum atomic E-state index is 0.116. The van der Waals surface area contributed by atoms with Crippen LogP contribution in [0.25, 0.3) is 0 Å². The summed E-state index contributed by atoms with van der Waals surface area (Å²) < 4.78 is 16.4. The summed E-state index contributed by atoms with van der Waals surface area (Å²) in [6, 6.07) is 4.65. The number of hydrogen-bond acceptors (Lipinski definition) is 5. The van der Waals surface area contributed by atoms with Crippen LogP contribution in [0.15, 0.2) is 12.1 Å². The third kappa shape index (κ3) is 2.94. The fourth-order valence-corrected chi connectivity index (χ4v) is 2.95. The maximum atomic E-state index is 6.04. The van der Waals surface area contributed by atoms with Gasteiger partial charge in [-0.1, -0.05) is 6.42 Å². The van der Waals surface area contributed by atoms with Gasteiger partial charge in [0.15, 0.2) is 11.5 Å². The van der Waals surface area contributed by atoms with Crippen molar-refractivity contribution >= 4 is 0 Å². The zero-order valence-electron chi connectivity index (χ0n) is 13.4. The predicted molar refractivity (Wildman–Crippen MR) is 83.3 cm³/mol. The highest BCUT2D eigenvalue weighted by Crippen LogP contribution is 2.44. The molecule has 0 heterocycles. The Bertz CT molecular complexity index is 475. The molecule has 21 heavy (non-hydrogen) atoms. The largest absolute Gasteiger partial charge is 0.493 e. The lowest BCUT2D eigenvalue weighted by Gasteiger charge is -2.40. The van der Waals surface area contributed by atoms with E-state index >= 15 is 0 Å². The Morgan fingerprint density at radius 1 is 1.14 bits per heavy atom. The van der Waals surface area contributed by atoms with Crippen molar-refractivity contribution < 1.29 is 14.2 Å². The molecule has 1 atom stereocenters. The molecular weight excluding hydrogens is 268 g/mol. The van der Waals surface area contributed by atoms with E-state index in [0.29, 0.717) is 29.8 Å². The monoisotopic (exact) mass is 294 g/mol. The molecule has 1 fully saturated rings. The molecule has 0 spiro atoms. The zero-order valence-corrected chi connectivity index (χ0v) is 13.4. The van der Waals surface area contributed by atoms with E-state index < -0.39 is 0 Å². The first-order chi connectivity index (χ1) is 10.2. The van der Waals surface area contributed by atoms with Crippen LogP contribution >= 0.6 is 0 Å². The number of hydrogen-bond donors (Lipinski definition) is 1. The minimum Gasteiger partial charge on any atom is -0.493 e. The molecule has 0 aliphatic heterocycles. The average molecular weight is 294 g/mol. The summed E-state index contributed by atoms with van der Waals surface area (Å²) in [5, 5.41) is 0. The third-order valence-electron chi connectivity index (χ3n) is 4.46. The molecule has 0 bridgehead atoms. The lowest BCUT2D eigenvalue weighted by Crippen LogP contribution is -2.42. The van der Waals surface area contributed by atoms with Crippen LogP contribution in [0.5, 0.6) is 17.2 Å². The molecule has 1 aromatic carbocycles. The molecule has 1 saturated carbocycles. The van der Waals surface area contributed by atoms with Crippen LogP contribution in [0.1, 0.15) is 30.9 Å². The Morgan fingerprint density at radius 3 is 2.24 bits per heavy atom. The van der Waals surface area contributed by atoms with E-state index in [1.165, 1.54) is 19.3 Å². The van der Waals surface area contributed by atoms with Crippen molar-refractivity contribution in [3.8, 4) is 17.2 Å². The molecule has 1 unspecified atom stereocenters. The molecule has 0 amide bonds. The summed E-state index contributed by atoms with van der Waals surface area (Å²) in [5.74, 6) is 2.00. The first kappa shape index (κ1) is 15.9. The van der Waals surface area contributed by atoms with Gasteiger partial charge < -0.3 is 19.9 Å². The van der Waals surface area contributed by atoms with Gasteiger partial charge in [0, 0.05) is 18.2 Å². The van der Waals surface area contributed by atoms with Crippen LogP contribution in [0.4, 0.5) is 0 Å². The van der Waals surface area contributed by atoms with Gasteiger partial charge in [-0.05, 0) is 32.0 Å². The Labute approximate surface area is 127 Å². The van der Waals surface area contributed by atoms with Gasteiger partial charge in [0.2, 0.25) is 5.75 Å². The minimum absolute atomic E-state index is 0.116. The van der Waals surface area contributed by atoms with Crippen molar-refractivity contribution in [1.82, 2.24) is 4.90 Å². The molecular formula is C16H26N2O3. The van der Waals surface area contributed by atoms with Gasteiger partial charge in [-0.3, -0.25) is 4.90 Å². The second-order valence-corrected chi connectivity index (χ2v) is 5.43. The molecule has 0 saturated heterocycles. The first-order valence-corrected chi connectivity index (χ1v) is 7.38. The maximum Gasteiger partial charge on any atom is 0.203 e. The standard InChI is InChI=1S/C16H26N2O3/c1-18(11-6-5-7-11)13(10-17)12-8-9-14(19-2)16(21-4)15(12)20-3/h8-9,11,13H,5-7,10,17H2,1-4H3. The molecule has 118 valence electrons. The Balaban J connectivity index is 2.40. The second kappa shape index (κ2) is 7.00. The summed E-state index contributed by atoms with van der Waals surface area (Å²) >= 11 is 0. The van der Waals surface area contributed by atoms with Crippen LogP contribution in [0.2, 0.25) is 0 Å². The van der Waals surface area contributed by atoms with Gasteiger partial charge in [0.05, 0.1) is 27.4 Å². The van der Waals surface area contributed by atoms with Crippen molar-refractivity contribution in [3.05, 3.63) is 17.7 Å². The molecule has 5 nitrogen and oxygen atoms in total. The van der Waals surface area contributed by atoms with E-state index in [9.17, 15) is 0 Å². The third-order valence-corrected chi connectivity index (χ3v) is 4.46. The highest BCUT2D eigenvalue weighted by molar-refractivity contribution is 5.56. The highest BCUT2D eigenvalue weighted by Gasteiger charge is 2.30. The zero-order chi connectivity index (χ0) is 15.4. The Kier molecular flexibility index (Phi) is 5.31. The summed E-state index contributed by atoms with van der Waals surface area (Å²) in [6.45, 7) is 0.541. The Hall–Kier alpha value is -1.46. The van der Waals surface area contributed by atoms with E-state index in [2.05, 4.69) is 11.9 Å². The first-order valence-electron chi connectivity index (χ1n) is 7.38. The van der Waals surface area contributed by atoms with E-state index in [-0.39, 0.29) is 6.04 Å². The van der Waals surface area contributed by atoms with Gasteiger partial charge in [0.1, 0.15) is 0 Å². The number of methoxy groups -OCH3 is 3. The number of rotatable bonds is 7. The van der Waals surface area contributed by atoms with Crippen LogP contribution in [0, 0.1) is 0 Å². The number of benzene rings is 1. The van der Waals surface area contributed by atoms with E-state index in [4.69, 9.17) is 19.9 Å². The number of nitrogens with zero attached hydrogens (tertiary/aromatic N) is 1. The smallest absolute Gasteiger partial charge is 0.203 e. The predicted octanol–water partition coefficient (Wildman–Crippen LogP) is 2.20. The molecule has 1 aliphatic rings. The van der Waals surface area contributed by atoms with Gasteiger partial charge >= 0.3 is 0 Å². The summed E-state index contributed by atoms with van der Waals surface area (Å²) in [5.41, 5.74) is 7.09. The SMILES string of the molecule is COc1ccc(C(CN)N(C)C2CCC2)c(OC)c1OC. The molecule has 1 aliphatic carbocycles. The van der Waals surface area contributed by atoms with Crippen molar-refractivity contribution in [2.75, 3.05) is 34.9 Å². The quantitative estimate of drug-likeness (QED) is 0.835. The van der Waals surface area contributed by atoms with Gasteiger partial charge in [-0.2, -0.15) is 0 Å². The molecule has 0 aromatic heterocycles. The van der Waals surface area contributed by atoms with E-state index in [1.54, 1.807) is 21.3 Å². The Morgan fingerprint density at radius 2 is 1.81 bits per heavy atom. The summed E-state index contributed by atoms with van der Waals surface area (Å²) in [7, 11) is 7.03. The fraction of sp³-hybridized carbons (Fsp3) is 0.625. The number of ether oxygens (including phenoxy) is 3. The van der Waals surface area contributed by atoms with Crippen molar-refractivity contribution in [3.63, 3.8) is 0 Å². The summed E-state index contributed by atoms with van der Waals surface area (Å²) in [6.07, 6.45) is 3.78. The highest BCUT2D eigenvalue weighted by atomic mass is 16.5. The topological polar surface area (TPSA) is 57.0 Å². The van der Waals surface area contributed by atoms with Crippen LogP contribution < -0.4 is 19.9 Å². The van der Waals surface area contributed by atoms with Crippen LogP contribution in [-0.2, 0) is 0 Å². The molecule has 2 rings (SSSR count). The molecule has 1 aromatic rings. The van der Waals surface area contributed by atoms with Gasteiger partial charge in [-0.25, -0.2) is 0 Å². The summed E-state index contributed by atoms with van der Waals surface area (Å²) in [4.78, 5) is 2.35. The molecule has 5 heteroatoms. The molecule has 0 radical (unpaired) electrons. The van der Waals surface area contributed by atoms with E-state index in [1.807, 2.05) is 12.1 Å². The average Bonchev–Trinajstić information content (AvgIpc) is 2.45. The van der Waals surface area contributed by atoms with Crippen LogP contribution in [-0.4, -0.2) is 45.9 Å². The normalized spacial score (nSPS) is 16.5. The lowest BCUT2D eigenvalue weighted by atomic mass is 9.89. The number of nitrogens with two attached hydrogens (primary N) is 1. The van der Waals surface area contributed by atoms with Gasteiger partial charge in [0.25, 0.3) is 0 Å². The van der Waals surface area contributed by atoms with Crippen LogP contribution in [0.3, 0.4) is 0 Å². The van der Waals surface area contributed by atoms with Gasteiger partial charge in [-0.15, -0.1) is 0 Å². The molecule has 2 N–H and O–H groups in total. The van der Waals surface area contributed by atoms with E-state index in [0.717, 1.165) is 5.56 Å². The number of likely N-dealkylation sites (N-methyl/N-ethyl adjacent to an activating group) is 1. The van der Waals surface area contributed by atoms with Crippen molar-refractivity contribution in [2.45, 2.75) is 31.3 Å². The van der Waals surface area contributed by atoms with Crippen molar-refractivity contribution in [2.24, 2.45) is 5.73 Å².